The number of benzene rings is 2. The van der Waals surface area contributed by atoms with Crippen LogP contribution in [-0.2, 0) is 0 Å². The van der Waals surface area contributed by atoms with Gasteiger partial charge in [0.05, 0.1) is 4.88 Å². The van der Waals surface area contributed by atoms with Crippen molar-refractivity contribution in [2.45, 2.75) is 0 Å². The molecule has 2 aromatic carbocycles. The van der Waals surface area contributed by atoms with Crippen LogP contribution >= 0.6 is 11.3 Å². The van der Waals surface area contributed by atoms with Gasteiger partial charge in [-0.1, -0.05) is 40.0 Å². The Bertz CT molecular complexity index is 1070. The number of halogens is 2. The standard InChI is InChI=1S/C21H15F2N3OS/c1-26(21(27)24-20-15(22)9-5-10-16(20)23)18(14-7-3-2-4-8-14)13-17(25-26)19-11-6-12-28-19/h2-13H,1H3/p+1. The third-order valence-corrected chi connectivity index (χ3v) is 5.38. The second kappa shape index (κ2) is 7.10. The monoisotopic (exact) mass is 396 g/mol. The number of para-hydroxylation sites is 1. The van der Waals surface area contributed by atoms with Crippen LogP contribution in [-0.4, -0.2) is 23.4 Å². The molecule has 0 radical (unpaired) electrons. The van der Waals surface area contributed by atoms with Gasteiger partial charge < -0.3 is 0 Å². The number of thiophene rings is 1. The van der Waals surface area contributed by atoms with Crippen molar-refractivity contribution in [2.75, 3.05) is 12.4 Å². The third kappa shape index (κ3) is 3.15. The van der Waals surface area contributed by atoms with Crippen molar-refractivity contribution in [3.8, 4) is 0 Å². The number of allylic oxidation sites excluding steroid dienone is 1. The number of quaternary nitrogens is 1. The van der Waals surface area contributed by atoms with Gasteiger partial charge in [-0.15, -0.1) is 11.3 Å². The number of urea groups is 1. The van der Waals surface area contributed by atoms with Crippen LogP contribution in [0.5, 0.6) is 0 Å². The lowest BCUT2D eigenvalue weighted by molar-refractivity contribution is -0.756. The highest BCUT2D eigenvalue weighted by atomic mass is 32.1. The normalized spacial score (nSPS) is 18.5. The van der Waals surface area contributed by atoms with Gasteiger partial charge in [0.15, 0.2) is 5.70 Å². The maximum atomic E-state index is 14.0. The van der Waals surface area contributed by atoms with Crippen LogP contribution in [0, 0.1) is 11.6 Å². The molecule has 3 aromatic rings. The molecule has 1 unspecified atom stereocenters. The number of hydrogen-bond acceptors (Lipinski definition) is 3. The van der Waals surface area contributed by atoms with Crippen LogP contribution in [0.3, 0.4) is 0 Å². The molecule has 2 heterocycles. The second-order valence-electron chi connectivity index (χ2n) is 6.34. The Hall–Kier alpha value is -3.16. The van der Waals surface area contributed by atoms with Crippen molar-refractivity contribution in [1.29, 1.82) is 0 Å². The van der Waals surface area contributed by atoms with E-state index in [4.69, 9.17) is 0 Å². The number of carbonyl (C=O) groups excluding carboxylic acids is 1. The Balaban J connectivity index is 1.77. The lowest BCUT2D eigenvalue weighted by Crippen LogP contribution is -2.44. The number of anilines is 1. The van der Waals surface area contributed by atoms with E-state index >= 15 is 0 Å². The Morgan fingerprint density at radius 3 is 2.36 bits per heavy atom. The van der Waals surface area contributed by atoms with Crippen LogP contribution in [0.25, 0.3) is 5.70 Å². The number of carbonyl (C=O) groups is 1. The minimum atomic E-state index is -0.841. The number of nitrogens with one attached hydrogen (secondary N) is 1. The number of amides is 2. The Morgan fingerprint density at radius 2 is 1.71 bits per heavy atom. The molecule has 1 aliphatic heterocycles. The molecule has 1 aromatic heterocycles. The molecule has 4 rings (SSSR count). The first-order valence-electron chi connectivity index (χ1n) is 8.53. The fourth-order valence-electron chi connectivity index (χ4n) is 3.03. The molecular weight excluding hydrogens is 380 g/mol. The van der Waals surface area contributed by atoms with Crippen molar-refractivity contribution in [1.82, 2.24) is 0 Å². The molecule has 0 fully saturated rings. The molecule has 1 atom stereocenters. The van der Waals surface area contributed by atoms with Gasteiger partial charge in [0.1, 0.15) is 30.1 Å². The minimum absolute atomic E-state index is 0.487. The van der Waals surface area contributed by atoms with Gasteiger partial charge in [0.2, 0.25) is 0 Å². The molecule has 1 aliphatic rings. The zero-order chi connectivity index (χ0) is 19.7. The van der Waals surface area contributed by atoms with Crippen LogP contribution in [0.1, 0.15) is 10.4 Å². The van der Waals surface area contributed by atoms with Gasteiger partial charge in [0.25, 0.3) is 0 Å². The first kappa shape index (κ1) is 18.2. The lowest BCUT2D eigenvalue weighted by atomic mass is 10.1. The molecule has 1 N–H and O–H groups in total. The quantitative estimate of drug-likeness (QED) is 0.587. The molecule has 0 aliphatic carbocycles. The fourth-order valence-corrected chi connectivity index (χ4v) is 3.71. The predicted octanol–water partition coefficient (Wildman–Crippen LogP) is 5.46. The molecule has 0 spiro atoms. The first-order chi connectivity index (χ1) is 13.5. The van der Waals surface area contributed by atoms with Crippen LogP contribution in [0.15, 0.2) is 77.2 Å². The maximum Gasteiger partial charge on any atom is 0.452 e. The van der Waals surface area contributed by atoms with Crippen LogP contribution in [0.4, 0.5) is 19.3 Å². The first-order valence-corrected chi connectivity index (χ1v) is 9.41. The predicted molar refractivity (Wildman–Crippen MR) is 107 cm³/mol. The summed E-state index contributed by atoms with van der Waals surface area (Å²) in [6.45, 7) is 0. The average Bonchev–Trinajstić information content (AvgIpc) is 3.34. The van der Waals surface area contributed by atoms with E-state index in [0.717, 1.165) is 22.6 Å². The van der Waals surface area contributed by atoms with E-state index < -0.39 is 27.9 Å². The summed E-state index contributed by atoms with van der Waals surface area (Å²) in [4.78, 5) is 14.0. The van der Waals surface area contributed by atoms with Gasteiger partial charge >= 0.3 is 6.03 Å². The van der Waals surface area contributed by atoms with E-state index in [0.29, 0.717) is 11.4 Å². The van der Waals surface area contributed by atoms with Crippen molar-refractivity contribution < 1.29 is 18.2 Å². The van der Waals surface area contributed by atoms with E-state index in [1.165, 1.54) is 17.4 Å². The topological polar surface area (TPSA) is 41.5 Å². The Morgan fingerprint density at radius 1 is 1.00 bits per heavy atom. The van der Waals surface area contributed by atoms with E-state index in [2.05, 4.69) is 10.4 Å². The van der Waals surface area contributed by atoms with Crippen molar-refractivity contribution in [3.63, 3.8) is 0 Å². The zero-order valence-corrected chi connectivity index (χ0v) is 15.7. The summed E-state index contributed by atoms with van der Waals surface area (Å²) >= 11 is 1.50. The fraction of sp³-hybridized carbons (Fsp3) is 0.0476. The molecule has 7 heteroatoms. The highest BCUT2D eigenvalue weighted by molar-refractivity contribution is 7.12. The number of rotatable bonds is 3. The van der Waals surface area contributed by atoms with Crippen molar-refractivity contribution in [2.24, 2.45) is 5.10 Å². The third-order valence-electron chi connectivity index (χ3n) is 4.48. The summed E-state index contributed by atoms with van der Waals surface area (Å²) in [5.74, 6) is -1.68. The van der Waals surface area contributed by atoms with Gasteiger partial charge in [-0.25, -0.2) is 13.6 Å². The van der Waals surface area contributed by atoms with Gasteiger partial charge in [0, 0.05) is 11.6 Å². The highest BCUT2D eigenvalue weighted by Crippen LogP contribution is 2.35. The molecule has 2 amide bonds. The summed E-state index contributed by atoms with van der Waals surface area (Å²) in [6, 6.07) is 15.9. The maximum absolute atomic E-state index is 14.0. The molecule has 4 nitrogen and oxygen atoms in total. The minimum Gasteiger partial charge on any atom is -0.267 e. The van der Waals surface area contributed by atoms with E-state index in [1.807, 2.05) is 53.9 Å². The van der Waals surface area contributed by atoms with Crippen molar-refractivity contribution in [3.05, 3.63) is 94.2 Å². The van der Waals surface area contributed by atoms with Crippen molar-refractivity contribution >= 4 is 34.5 Å². The molecule has 0 saturated carbocycles. The van der Waals surface area contributed by atoms with Gasteiger partial charge in [-0.3, -0.25) is 5.32 Å². The Kier molecular flexibility index (Phi) is 4.62. The van der Waals surface area contributed by atoms with Crippen LogP contribution in [0.2, 0.25) is 0 Å². The summed E-state index contributed by atoms with van der Waals surface area (Å²) in [5.41, 5.74) is 1.56. The summed E-state index contributed by atoms with van der Waals surface area (Å²) < 4.78 is 27.6. The van der Waals surface area contributed by atoms with Gasteiger partial charge in [-0.05, 0) is 35.7 Å². The molecule has 0 saturated heterocycles. The Labute approximate surface area is 164 Å². The van der Waals surface area contributed by atoms with E-state index in [-0.39, 0.29) is 0 Å². The number of nitrogens with zero attached hydrogens (tertiary/aromatic N) is 2. The summed E-state index contributed by atoms with van der Waals surface area (Å²) in [6.07, 6.45) is 1.83. The molecule has 28 heavy (non-hydrogen) atoms. The average molecular weight is 396 g/mol. The smallest absolute Gasteiger partial charge is 0.267 e. The molecule has 0 bridgehead atoms. The zero-order valence-electron chi connectivity index (χ0n) is 14.9. The SMILES string of the molecule is C[N+]1(C(=O)Nc2c(F)cccc2F)N=C(c2cccs2)C=C1c1ccccc1. The number of hydrogen-bond donors (Lipinski definition) is 1. The summed E-state index contributed by atoms with van der Waals surface area (Å²) in [5, 5.41) is 8.88. The van der Waals surface area contributed by atoms with Gasteiger partial charge in [-0.2, -0.15) is 0 Å². The summed E-state index contributed by atoms with van der Waals surface area (Å²) in [7, 11) is 1.59. The second-order valence-corrected chi connectivity index (χ2v) is 7.29. The lowest BCUT2D eigenvalue weighted by Gasteiger charge is -2.24. The molecule has 140 valence electrons. The van der Waals surface area contributed by atoms with Crippen LogP contribution < -0.4 is 5.32 Å². The van der Waals surface area contributed by atoms with E-state index in [9.17, 15) is 13.6 Å². The molecular formula is C21H16F2N3OS+. The van der Waals surface area contributed by atoms with E-state index in [1.54, 1.807) is 7.05 Å². The highest BCUT2D eigenvalue weighted by Gasteiger charge is 2.44. The largest absolute Gasteiger partial charge is 0.452 e.